The predicted octanol–water partition coefficient (Wildman–Crippen LogP) is 13.7. The zero-order chi connectivity index (χ0) is 34.8. The third kappa shape index (κ3) is 4.53. The van der Waals surface area contributed by atoms with E-state index in [0.717, 1.165) is 55.5 Å². The largest absolute Gasteiger partial charge is 0.456 e. The molecule has 3 aromatic heterocycles. The molecule has 0 saturated carbocycles. The quantitative estimate of drug-likeness (QED) is 0.162. The van der Waals surface area contributed by atoms with E-state index in [4.69, 9.17) is 4.42 Å². The second kappa shape index (κ2) is 11.9. The van der Waals surface area contributed by atoms with E-state index >= 15 is 0 Å². The summed E-state index contributed by atoms with van der Waals surface area (Å²) in [6, 6.07) is 54.6. The number of allylic oxidation sites excluding steroid dienone is 5. The van der Waals surface area contributed by atoms with Gasteiger partial charge in [0.2, 0.25) is 0 Å². The van der Waals surface area contributed by atoms with Gasteiger partial charge in [-0.25, -0.2) is 0 Å². The Kier molecular flexibility index (Phi) is 6.87. The summed E-state index contributed by atoms with van der Waals surface area (Å²) in [4.78, 5) is 0. The molecule has 0 N–H and O–H groups in total. The minimum atomic E-state index is 0.900. The van der Waals surface area contributed by atoms with Gasteiger partial charge in [-0.2, -0.15) is 0 Å². The van der Waals surface area contributed by atoms with Crippen molar-refractivity contribution < 1.29 is 4.42 Å². The van der Waals surface area contributed by atoms with E-state index in [1.807, 2.05) is 18.2 Å². The maximum Gasteiger partial charge on any atom is 0.136 e. The Bertz CT molecular complexity index is 3090. The van der Waals surface area contributed by atoms with Gasteiger partial charge in [0.25, 0.3) is 0 Å². The Hall–Kier alpha value is -6.84. The van der Waals surface area contributed by atoms with Gasteiger partial charge in [-0.1, -0.05) is 104 Å². The lowest BCUT2D eigenvalue weighted by molar-refractivity contribution is 0.669. The normalized spacial score (nSPS) is 12.4. The summed E-state index contributed by atoms with van der Waals surface area (Å²) in [5.41, 5.74) is 13.4. The molecule has 0 unspecified atom stereocenters. The molecule has 0 aliphatic heterocycles. The highest BCUT2D eigenvalue weighted by atomic mass is 16.3. The van der Waals surface area contributed by atoms with E-state index < -0.39 is 0 Å². The average Bonchev–Trinajstić information content (AvgIpc) is 3.85. The van der Waals surface area contributed by atoms with E-state index in [9.17, 15) is 0 Å². The van der Waals surface area contributed by atoms with Crippen molar-refractivity contribution >= 4 is 71.2 Å². The number of para-hydroxylation sites is 3. The van der Waals surface area contributed by atoms with Crippen LogP contribution >= 0.6 is 0 Å². The molecule has 0 radical (unpaired) electrons. The minimum Gasteiger partial charge on any atom is -0.456 e. The van der Waals surface area contributed by atoms with Crippen LogP contribution in [0, 0.1) is 0 Å². The second-order valence-corrected chi connectivity index (χ2v) is 13.3. The molecule has 3 heteroatoms. The summed E-state index contributed by atoms with van der Waals surface area (Å²) >= 11 is 0. The van der Waals surface area contributed by atoms with Crippen LogP contribution in [-0.4, -0.2) is 9.13 Å². The van der Waals surface area contributed by atoms with Crippen LogP contribution < -0.4 is 0 Å². The molecule has 3 heterocycles. The van der Waals surface area contributed by atoms with Gasteiger partial charge < -0.3 is 13.6 Å². The van der Waals surface area contributed by atoms with Gasteiger partial charge in [0.15, 0.2) is 0 Å². The first kappa shape index (κ1) is 30.0. The lowest BCUT2D eigenvalue weighted by atomic mass is 9.97. The molecule has 10 aromatic rings. The van der Waals surface area contributed by atoms with Crippen molar-refractivity contribution in [3.8, 4) is 27.9 Å². The Morgan fingerprint density at radius 3 is 1.88 bits per heavy atom. The number of fused-ring (bicyclic) bond motifs is 9. The third-order valence-electron chi connectivity index (χ3n) is 10.4. The Balaban J connectivity index is 1.22. The van der Waals surface area contributed by atoms with Crippen LogP contribution in [0.4, 0.5) is 0 Å². The number of rotatable bonds is 6. The molecule has 0 fully saturated rings. The summed E-state index contributed by atoms with van der Waals surface area (Å²) < 4.78 is 11.0. The molecular weight excluding hydrogens is 633 g/mol. The lowest BCUT2D eigenvalue weighted by Gasteiger charge is -2.10. The zero-order valence-corrected chi connectivity index (χ0v) is 28.8. The SMILES string of the molecule is C=C/C=C(\C=C/C)n1c2ccc(-c3ccc4c(c3)c3ccccc3n4-c3ccccc3)cc2c2cc(-c3cccc4oc5ccccc5c34)ccc21. The molecule has 0 aliphatic rings. The van der Waals surface area contributed by atoms with Gasteiger partial charge in [0, 0.05) is 43.7 Å². The van der Waals surface area contributed by atoms with Crippen LogP contribution in [0.5, 0.6) is 0 Å². The van der Waals surface area contributed by atoms with E-state index in [0.29, 0.717) is 0 Å². The number of nitrogens with zero attached hydrogens (tertiary/aromatic N) is 2. The molecule has 0 aliphatic carbocycles. The van der Waals surface area contributed by atoms with E-state index in [-0.39, 0.29) is 0 Å². The van der Waals surface area contributed by atoms with Crippen LogP contribution in [0.3, 0.4) is 0 Å². The Morgan fingerprint density at radius 2 is 1.13 bits per heavy atom. The lowest BCUT2D eigenvalue weighted by Crippen LogP contribution is -1.94. The van der Waals surface area contributed by atoms with Gasteiger partial charge in [-0.05, 0) is 108 Å². The highest BCUT2D eigenvalue weighted by molar-refractivity contribution is 6.16. The second-order valence-electron chi connectivity index (χ2n) is 13.3. The first-order valence-corrected chi connectivity index (χ1v) is 17.8. The molecule has 0 atom stereocenters. The fourth-order valence-electron chi connectivity index (χ4n) is 8.17. The Morgan fingerprint density at radius 1 is 0.538 bits per heavy atom. The Labute approximate surface area is 301 Å². The predicted molar refractivity (Wildman–Crippen MR) is 221 cm³/mol. The van der Waals surface area contributed by atoms with Gasteiger partial charge in [-0.3, -0.25) is 0 Å². The van der Waals surface area contributed by atoms with E-state index in [2.05, 4.69) is 180 Å². The van der Waals surface area contributed by atoms with Crippen LogP contribution in [-0.2, 0) is 0 Å². The topological polar surface area (TPSA) is 23.0 Å². The van der Waals surface area contributed by atoms with Crippen LogP contribution in [0.2, 0.25) is 0 Å². The van der Waals surface area contributed by atoms with Crippen molar-refractivity contribution in [1.29, 1.82) is 0 Å². The molecule has 7 aromatic carbocycles. The fraction of sp³-hybridized carbons (Fsp3) is 0.0204. The van der Waals surface area contributed by atoms with Crippen LogP contribution in [0.25, 0.3) is 99.2 Å². The highest BCUT2D eigenvalue weighted by Crippen LogP contribution is 2.42. The maximum atomic E-state index is 6.28. The van der Waals surface area contributed by atoms with Gasteiger partial charge >= 0.3 is 0 Å². The molecule has 246 valence electrons. The smallest absolute Gasteiger partial charge is 0.136 e. The van der Waals surface area contributed by atoms with Crippen molar-refractivity contribution in [3.63, 3.8) is 0 Å². The van der Waals surface area contributed by atoms with Crippen molar-refractivity contribution in [2.45, 2.75) is 6.92 Å². The van der Waals surface area contributed by atoms with Crippen molar-refractivity contribution in [1.82, 2.24) is 9.13 Å². The number of aromatic nitrogens is 2. The standard InChI is InChI=1S/C49H34N2O/c1-3-13-35(14-4-2)50-45-27-24-33(32-23-26-44-40(29-32)38-17-8-10-20-43(38)51(44)36-15-6-5-7-16-36)30-41(45)42-31-34(25-28-46(42)50)37-19-12-22-48-49(37)39-18-9-11-21-47(39)52-48/h3-31H,1H2,2H3/b14-4-,35-13+. The van der Waals surface area contributed by atoms with Crippen molar-refractivity contribution in [2.24, 2.45) is 0 Å². The van der Waals surface area contributed by atoms with E-state index in [1.165, 1.54) is 43.7 Å². The zero-order valence-electron chi connectivity index (χ0n) is 28.8. The van der Waals surface area contributed by atoms with Crippen LogP contribution in [0.15, 0.2) is 187 Å². The van der Waals surface area contributed by atoms with Gasteiger partial charge in [-0.15, -0.1) is 0 Å². The molecular formula is C49H34N2O. The molecule has 0 bridgehead atoms. The number of hydrogen-bond acceptors (Lipinski definition) is 1. The maximum absolute atomic E-state index is 6.28. The average molecular weight is 667 g/mol. The van der Waals surface area contributed by atoms with Gasteiger partial charge in [0.1, 0.15) is 11.2 Å². The fourth-order valence-corrected chi connectivity index (χ4v) is 8.17. The number of furan rings is 1. The van der Waals surface area contributed by atoms with E-state index in [1.54, 1.807) is 0 Å². The molecule has 3 nitrogen and oxygen atoms in total. The number of hydrogen-bond donors (Lipinski definition) is 0. The van der Waals surface area contributed by atoms with Crippen molar-refractivity contribution in [2.75, 3.05) is 0 Å². The van der Waals surface area contributed by atoms with Crippen LogP contribution in [0.1, 0.15) is 6.92 Å². The summed E-state index contributed by atoms with van der Waals surface area (Å²) in [5.74, 6) is 0. The molecule has 52 heavy (non-hydrogen) atoms. The third-order valence-corrected chi connectivity index (χ3v) is 10.4. The first-order valence-electron chi connectivity index (χ1n) is 17.8. The summed E-state index contributed by atoms with van der Waals surface area (Å²) in [6.45, 7) is 6.10. The monoisotopic (exact) mass is 666 g/mol. The van der Waals surface area contributed by atoms with Gasteiger partial charge in [0.05, 0.1) is 22.1 Å². The summed E-state index contributed by atoms with van der Waals surface area (Å²) in [7, 11) is 0. The molecule has 0 spiro atoms. The molecule has 10 rings (SSSR count). The molecule has 0 amide bonds. The summed E-state index contributed by atoms with van der Waals surface area (Å²) in [5, 5.41) is 7.16. The minimum absolute atomic E-state index is 0.900. The van der Waals surface area contributed by atoms with Crippen molar-refractivity contribution in [3.05, 3.63) is 183 Å². The number of benzene rings is 7. The molecule has 0 saturated heterocycles. The summed E-state index contributed by atoms with van der Waals surface area (Å²) in [6.07, 6.45) is 8.18. The highest BCUT2D eigenvalue weighted by Gasteiger charge is 2.18. The first-order chi connectivity index (χ1) is 25.7.